The summed E-state index contributed by atoms with van der Waals surface area (Å²) >= 11 is 0. The molecule has 0 saturated carbocycles. The molecule has 1 heterocycles. The molecule has 1 unspecified atom stereocenters. The van der Waals surface area contributed by atoms with Crippen LogP contribution in [-0.4, -0.2) is 19.5 Å². The standard InChI is InChI=1S/C13H18O2/c1-2-6-12(7-3-1)9-11-15-13-8-4-5-10-14-13/h1-3,6-7,13H,4-5,8-11H2. The lowest BCUT2D eigenvalue weighted by Gasteiger charge is -2.22. The normalized spacial score (nSPS) is 21.5. The first-order valence-corrected chi connectivity index (χ1v) is 5.72. The van der Waals surface area contributed by atoms with Gasteiger partial charge >= 0.3 is 0 Å². The Morgan fingerprint density at radius 1 is 1.20 bits per heavy atom. The van der Waals surface area contributed by atoms with E-state index in [1.165, 1.54) is 18.4 Å². The Balaban J connectivity index is 1.66. The van der Waals surface area contributed by atoms with Gasteiger partial charge in [0.15, 0.2) is 6.29 Å². The Kier molecular flexibility index (Phi) is 4.18. The van der Waals surface area contributed by atoms with E-state index in [9.17, 15) is 0 Å². The van der Waals surface area contributed by atoms with Gasteiger partial charge in [-0.2, -0.15) is 0 Å². The summed E-state index contributed by atoms with van der Waals surface area (Å²) in [6, 6.07) is 10.4. The predicted octanol–water partition coefficient (Wildman–Crippen LogP) is 2.77. The van der Waals surface area contributed by atoms with Crippen LogP contribution in [0.2, 0.25) is 0 Å². The van der Waals surface area contributed by atoms with Crippen molar-refractivity contribution in [2.75, 3.05) is 13.2 Å². The molecule has 1 saturated heterocycles. The summed E-state index contributed by atoms with van der Waals surface area (Å²) in [7, 11) is 0. The largest absolute Gasteiger partial charge is 0.353 e. The zero-order valence-electron chi connectivity index (χ0n) is 9.02. The van der Waals surface area contributed by atoms with Gasteiger partial charge in [0.2, 0.25) is 0 Å². The van der Waals surface area contributed by atoms with Crippen LogP contribution in [0.3, 0.4) is 0 Å². The van der Waals surface area contributed by atoms with Gasteiger partial charge in [0, 0.05) is 6.61 Å². The predicted molar refractivity (Wildman–Crippen MR) is 59.7 cm³/mol. The van der Waals surface area contributed by atoms with E-state index >= 15 is 0 Å². The molecule has 0 amide bonds. The van der Waals surface area contributed by atoms with Gasteiger partial charge in [0.25, 0.3) is 0 Å². The molecule has 0 bridgehead atoms. The number of ether oxygens (including phenoxy) is 2. The van der Waals surface area contributed by atoms with Gasteiger partial charge in [-0.05, 0) is 31.2 Å². The summed E-state index contributed by atoms with van der Waals surface area (Å²) in [5.41, 5.74) is 1.33. The topological polar surface area (TPSA) is 18.5 Å². The van der Waals surface area contributed by atoms with E-state index in [1.54, 1.807) is 0 Å². The van der Waals surface area contributed by atoms with E-state index < -0.39 is 0 Å². The van der Waals surface area contributed by atoms with Crippen LogP contribution in [0.1, 0.15) is 24.8 Å². The molecule has 1 fully saturated rings. The van der Waals surface area contributed by atoms with Crippen molar-refractivity contribution in [1.29, 1.82) is 0 Å². The molecule has 0 aromatic heterocycles. The fourth-order valence-electron chi connectivity index (χ4n) is 1.80. The molecule has 1 aromatic rings. The molecule has 0 N–H and O–H groups in total. The van der Waals surface area contributed by atoms with E-state index in [0.29, 0.717) is 0 Å². The van der Waals surface area contributed by atoms with Gasteiger partial charge in [-0.15, -0.1) is 0 Å². The molecule has 2 heteroatoms. The van der Waals surface area contributed by atoms with Crippen molar-refractivity contribution in [2.24, 2.45) is 0 Å². The zero-order chi connectivity index (χ0) is 10.3. The van der Waals surface area contributed by atoms with Gasteiger partial charge in [-0.1, -0.05) is 30.3 Å². The van der Waals surface area contributed by atoms with Crippen LogP contribution in [0.5, 0.6) is 0 Å². The smallest absolute Gasteiger partial charge is 0.157 e. The van der Waals surface area contributed by atoms with Crippen molar-refractivity contribution >= 4 is 0 Å². The minimum atomic E-state index is 0.0439. The van der Waals surface area contributed by atoms with Crippen LogP contribution >= 0.6 is 0 Å². The van der Waals surface area contributed by atoms with Crippen LogP contribution in [0, 0.1) is 0 Å². The first kappa shape index (κ1) is 10.7. The summed E-state index contributed by atoms with van der Waals surface area (Å²) in [6.07, 6.45) is 4.48. The maximum Gasteiger partial charge on any atom is 0.157 e. The third-order valence-electron chi connectivity index (χ3n) is 2.68. The Hall–Kier alpha value is -0.860. The highest BCUT2D eigenvalue weighted by Gasteiger charge is 2.13. The summed E-state index contributed by atoms with van der Waals surface area (Å²) in [5.74, 6) is 0. The summed E-state index contributed by atoms with van der Waals surface area (Å²) in [6.45, 7) is 1.62. The van der Waals surface area contributed by atoms with E-state index in [1.807, 2.05) is 6.07 Å². The maximum atomic E-state index is 5.66. The van der Waals surface area contributed by atoms with Gasteiger partial charge in [-0.3, -0.25) is 0 Å². The molecule has 1 aliphatic rings. The minimum Gasteiger partial charge on any atom is -0.353 e. The third-order valence-corrected chi connectivity index (χ3v) is 2.68. The van der Waals surface area contributed by atoms with Crippen molar-refractivity contribution in [3.05, 3.63) is 35.9 Å². The minimum absolute atomic E-state index is 0.0439. The molecular weight excluding hydrogens is 188 g/mol. The average Bonchev–Trinajstić information content (AvgIpc) is 2.32. The lowest BCUT2D eigenvalue weighted by molar-refractivity contribution is -0.161. The molecule has 1 aromatic carbocycles. The summed E-state index contributed by atoms with van der Waals surface area (Å²) in [5, 5.41) is 0. The number of hydrogen-bond donors (Lipinski definition) is 0. The molecule has 82 valence electrons. The lowest BCUT2D eigenvalue weighted by atomic mass is 10.2. The van der Waals surface area contributed by atoms with Crippen molar-refractivity contribution in [1.82, 2.24) is 0 Å². The molecule has 0 spiro atoms. The molecule has 2 nitrogen and oxygen atoms in total. The second-order valence-corrected chi connectivity index (χ2v) is 3.90. The van der Waals surface area contributed by atoms with Crippen LogP contribution in [0.4, 0.5) is 0 Å². The molecular formula is C13H18O2. The summed E-state index contributed by atoms with van der Waals surface area (Å²) in [4.78, 5) is 0. The molecule has 1 aliphatic heterocycles. The fraction of sp³-hybridized carbons (Fsp3) is 0.538. The van der Waals surface area contributed by atoms with Crippen LogP contribution in [-0.2, 0) is 15.9 Å². The first-order chi connectivity index (χ1) is 7.45. The third kappa shape index (κ3) is 3.65. The highest BCUT2D eigenvalue weighted by atomic mass is 16.7. The number of rotatable bonds is 4. The highest BCUT2D eigenvalue weighted by Crippen LogP contribution is 2.13. The highest BCUT2D eigenvalue weighted by molar-refractivity contribution is 5.14. The SMILES string of the molecule is c1ccc(CCOC2CCCCO2)cc1. The monoisotopic (exact) mass is 206 g/mol. The Morgan fingerprint density at radius 2 is 2.07 bits per heavy atom. The first-order valence-electron chi connectivity index (χ1n) is 5.72. The Morgan fingerprint density at radius 3 is 2.80 bits per heavy atom. The van der Waals surface area contributed by atoms with Crippen LogP contribution < -0.4 is 0 Å². The van der Waals surface area contributed by atoms with Gasteiger partial charge < -0.3 is 9.47 Å². The molecule has 2 rings (SSSR count). The summed E-state index contributed by atoms with van der Waals surface area (Å²) < 4.78 is 11.2. The van der Waals surface area contributed by atoms with Crippen molar-refractivity contribution < 1.29 is 9.47 Å². The van der Waals surface area contributed by atoms with Crippen molar-refractivity contribution in [2.45, 2.75) is 32.0 Å². The quantitative estimate of drug-likeness (QED) is 0.754. The molecule has 0 radical (unpaired) electrons. The fourth-order valence-corrected chi connectivity index (χ4v) is 1.80. The number of benzene rings is 1. The van der Waals surface area contributed by atoms with Crippen molar-refractivity contribution in [3.63, 3.8) is 0 Å². The Labute approximate surface area is 91.2 Å². The molecule has 1 atom stereocenters. The van der Waals surface area contributed by atoms with E-state index in [2.05, 4.69) is 24.3 Å². The van der Waals surface area contributed by atoms with E-state index in [-0.39, 0.29) is 6.29 Å². The number of hydrogen-bond acceptors (Lipinski definition) is 2. The van der Waals surface area contributed by atoms with Crippen LogP contribution in [0.25, 0.3) is 0 Å². The zero-order valence-corrected chi connectivity index (χ0v) is 9.02. The molecule has 0 aliphatic carbocycles. The lowest BCUT2D eigenvalue weighted by Crippen LogP contribution is -2.23. The van der Waals surface area contributed by atoms with Gasteiger partial charge in [0.1, 0.15) is 0 Å². The molecule has 15 heavy (non-hydrogen) atoms. The van der Waals surface area contributed by atoms with E-state index in [0.717, 1.165) is 26.1 Å². The van der Waals surface area contributed by atoms with Crippen molar-refractivity contribution in [3.8, 4) is 0 Å². The van der Waals surface area contributed by atoms with E-state index in [4.69, 9.17) is 9.47 Å². The van der Waals surface area contributed by atoms with Crippen LogP contribution in [0.15, 0.2) is 30.3 Å². The van der Waals surface area contributed by atoms with Gasteiger partial charge in [0.05, 0.1) is 6.61 Å². The average molecular weight is 206 g/mol. The maximum absolute atomic E-state index is 5.66. The second kappa shape index (κ2) is 5.89. The second-order valence-electron chi connectivity index (χ2n) is 3.90. The van der Waals surface area contributed by atoms with Gasteiger partial charge in [-0.25, -0.2) is 0 Å². The Bertz CT molecular complexity index is 265.